The molecule has 0 aliphatic carbocycles. The number of nitrogens with zero attached hydrogens (tertiary/aromatic N) is 3. The molecule has 8 aromatic carbocycles. The molecule has 0 saturated heterocycles. The fourth-order valence-corrected chi connectivity index (χ4v) is 8.42. The number of hydrogen-bond acceptors (Lipinski definition) is 0. The molecule has 0 fully saturated rings. The molecule has 238 valence electrons. The van der Waals surface area contributed by atoms with Crippen LogP contribution in [0.25, 0.3) is 93.6 Å². The molecule has 11 aromatic rings. The Bertz CT molecular complexity index is 3110. The lowest BCUT2D eigenvalue weighted by molar-refractivity contribution is 1.14. The lowest BCUT2D eigenvalue weighted by atomic mass is 10.1. The van der Waals surface area contributed by atoms with E-state index in [0.29, 0.717) is 0 Å². The predicted molar refractivity (Wildman–Crippen MR) is 215 cm³/mol. The third kappa shape index (κ3) is 4.06. The van der Waals surface area contributed by atoms with Crippen LogP contribution in [-0.4, -0.2) is 13.7 Å². The maximum Gasteiger partial charge on any atom is 0.0788 e. The second-order valence-corrected chi connectivity index (χ2v) is 13.4. The standard InChI is InChI=1S/C48H31N3/c1-3-13-32(14-4-1)33-23-25-35(26-24-33)50-44-21-11-8-18-38(44)41-29-30-42-39-19-9-12-22-45(39)51(48(42)47(41)50)36-27-28-40-37-17-7-10-20-43(37)49(46(40)31-36)34-15-5-2-6-16-34/h1-31H. The van der Waals surface area contributed by atoms with E-state index >= 15 is 0 Å². The topological polar surface area (TPSA) is 14.8 Å². The quantitative estimate of drug-likeness (QED) is 0.180. The summed E-state index contributed by atoms with van der Waals surface area (Å²) in [6.07, 6.45) is 0. The first-order chi connectivity index (χ1) is 25.3. The molecule has 3 aromatic heterocycles. The van der Waals surface area contributed by atoms with E-state index < -0.39 is 0 Å². The van der Waals surface area contributed by atoms with Gasteiger partial charge in [-0.2, -0.15) is 0 Å². The van der Waals surface area contributed by atoms with Gasteiger partial charge in [0.25, 0.3) is 0 Å². The van der Waals surface area contributed by atoms with Gasteiger partial charge in [0.1, 0.15) is 0 Å². The Morgan fingerprint density at radius 1 is 0.235 bits per heavy atom. The van der Waals surface area contributed by atoms with Crippen LogP contribution in [-0.2, 0) is 0 Å². The van der Waals surface area contributed by atoms with Crippen LogP contribution in [0, 0.1) is 0 Å². The zero-order chi connectivity index (χ0) is 33.5. The summed E-state index contributed by atoms with van der Waals surface area (Å²) in [6.45, 7) is 0. The van der Waals surface area contributed by atoms with Crippen molar-refractivity contribution in [3.63, 3.8) is 0 Å². The summed E-state index contributed by atoms with van der Waals surface area (Å²) in [5.74, 6) is 0. The highest BCUT2D eigenvalue weighted by molar-refractivity contribution is 6.24. The normalized spacial score (nSPS) is 11.9. The summed E-state index contributed by atoms with van der Waals surface area (Å²) in [6, 6.07) is 68.4. The number of fused-ring (bicyclic) bond motifs is 10. The Balaban J connectivity index is 1.26. The van der Waals surface area contributed by atoms with E-state index in [9.17, 15) is 0 Å². The minimum Gasteiger partial charge on any atom is -0.309 e. The Kier molecular flexibility index (Phi) is 5.96. The minimum absolute atomic E-state index is 1.14. The van der Waals surface area contributed by atoms with Crippen molar-refractivity contribution in [3.8, 4) is 28.2 Å². The number of hydrogen-bond donors (Lipinski definition) is 0. The van der Waals surface area contributed by atoms with Gasteiger partial charge in [0.15, 0.2) is 0 Å². The van der Waals surface area contributed by atoms with Crippen LogP contribution in [0.4, 0.5) is 0 Å². The van der Waals surface area contributed by atoms with Crippen LogP contribution in [0.2, 0.25) is 0 Å². The van der Waals surface area contributed by atoms with Crippen molar-refractivity contribution in [1.29, 1.82) is 0 Å². The minimum atomic E-state index is 1.14. The number of benzene rings is 8. The molecular weight excluding hydrogens is 619 g/mol. The van der Waals surface area contributed by atoms with Crippen molar-refractivity contribution < 1.29 is 0 Å². The first-order valence-electron chi connectivity index (χ1n) is 17.5. The average molecular weight is 650 g/mol. The van der Waals surface area contributed by atoms with Gasteiger partial charge in [-0.15, -0.1) is 0 Å². The van der Waals surface area contributed by atoms with Crippen LogP contribution in [0.1, 0.15) is 0 Å². The molecule has 11 rings (SSSR count). The zero-order valence-corrected chi connectivity index (χ0v) is 27.7. The van der Waals surface area contributed by atoms with Crippen molar-refractivity contribution in [3.05, 3.63) is 188 Å². The van der Waals surface area contributed by atoms with E-state index in [0.717, 1.165) is 17.1 Å². The molecule has 3 heterocycles. The van der Waals surface area contributed by atoms with E-state index in [1.807, 2.05) is 0 Å². The summed E-state index contributed by atoms with van der Waals surface area (Å²) >= 11 is 0. The Morgan fingerprint density at radius 2 is 0.627 bits per heavy atom. The second-order valence-electron chi connectivity index (χ2n) is 13.4. The molecule has 0 spiro atoms. The molecule has 3 heteroatoms. The lowest BCUT2D eigenvalue weighted by Gasteiger charge is -2.14. The molecule has 0 bridgehead atoms. The maximum absolute atomic E-state index is 2.49. The Hall–Kier alpha value is -6.84. The van der Waals surface area contributed by atoms with Crippen molar-refractivity contribution in [2.24, 2.45) is 0 Å². The summed E-state index contributed by atoms with van der Waals surface area (Å²) in [5.41, 5.74) is 13.1. The van der Waals surface area contributed by atoms with Gasteiger partial charge >= 0.3 is 0 Å². The van der Waals surface area contributed by atoms with Crippen molar-refractivity contribution in [2.75, 3.05) is 0 Å². The molecule has 0 unspecified atom stereocenters. The van der Waals surface area contributed by atoms with Crippen molar-refractivity contribution in [2.45, 2.75) is 0 Å². The molecule has 0 N–H and O–H groups in total. The molecule has 0 aliphatic rings. The highest BCUT2D eigenvalue weighted by atomic mass is 15.1. The smallest absolute Gasteiger partial charge is 0.0788 e. The summed E-state index contributed by atoms with van der Waals surface area (Å²) < 4.78 is 7.37. The molecule has 0 saturated carbocycles. The van der Waals surface area contributed by atoms with Gasteiger partial charge in [0.2, 0.25) is 0 Å². The third-order valence-electron chi connectivity index (χ3n) is 10.6. The lowest BCUT2D eigenvalue weighted by Crippen LogP contribution is -1.99. The molecule has 51 heavy (non-hydrogen) atoms. The number of rotatable bonds is 4. The van der Waals surface area contributed by atoms with Crippen LogP contribution >= 0.6 is 0 Å². The molecule has 0 amide bonds. The van der Waals surface area contributed by atoms with Crippen LogP contribution < -0.4 is 0 Å². The number of aromatic nitrogens is 3. The highest BCUT2D eigenvalue weighted by Crippen LogP contribution is 2.43. The number of para-hydroxylation sites is 4. The Morgan fingerprint density at radius 3 is 1.24 bits per heavy atom. The van der Waals surface area contributed by atoms with Crippen molar-refractivity contribution >= 4 is 65.4 Å². The van der Waals surface area contributed by atoms with Gasteiger partial charge in [0.05, 0.1) is 33.1 Å². The van der Waals surface area contributed by atoms with Crippen LogP contribution in [0.3, 0.4) is 0 Å². The maximum atomic E-state index is 2.49. The van der Waals surface area contributed by atoms with Gasteiger partial charge in [0, 0.05) is 49.4 Å². The van der Waals surface area contributed by atoms with Gasteiger partial charge in [-0.3, -0.25) is 0 Å². The monoisotopic (exact) mass is 649 g/mol. The second kappa shape index (κ2) is 10.8. The van der Waals surface area contributed by atoms with Gasteiger partial charge in [-0.05, 0) is 65.7 Å². The largest absolute Gasteiger partial charge is 0.309 e. The first-order valence-corrected chi connectivity index (χ1v) is 17.5. The molecular formula is C48H31N3. The molecule has 0 atom stereocenters. The van der Waals surface area contributed by atoms with Gasteiger partial charge in [-0.1, -0.05) is 133 Å². The van der Waals surface area contributed by atoms with Crippen LogP contribution in [0.15, 0.2) is 188 Å². The zero-order valence-electron chi connectivity index (χ0n) is 27.7. The van der Waals surface area contributed by atoms with E-state index in [1.54, 1.807) is 0 Å². The van der Waals surface area contributed by atoms with E-state index in [4.69, 9.17) is 0 Å². The third-order valence-corrected chi connectivity index (χ3v) is 10.6. The van der Waals surface area contributed by atoms with Crippen LogP contribution in [0.5, 0.6) is 0 Å². The molecule has 0 aliphatic heterocycles. The summed E-state index contributed by atoms with van der Waals surface area (Å²) in [7, 11) is 0. The average Bonchev–Trinajstić information content (AvgIpc) is 3.84. The fraction of sp³-hybridized carbons (Fsp3) is 0. The molecule has 3 nitrogen and oxygen atoms in total. The van der Waals surface area contributed by atoms with Gasteiger partial charge < -0.3 is 13.7 Å². The highest BCUT2D eigenvalue weighted by Gasteiger charge is 2.22. The van der Waals surface area contributed by atoms with E-state index in [-0.39, 0.29) is 0 Å². The van der Waals surface area contributed by atoms with E-state index in [2.05, 4.69) is 202 Å². The Labute approximate surface area is 294 Å². The first kappa shape index (κ1) is 28.0. The van der Waals surface area contributed by atoms with Gasteiger partial charge in [-0.25, -0.2) is 0 Å². The summed E-state index contributed by atoms with van der Waals surface area (Å²) in [5, 5.41) is 7.48. The van der Waals surface area contributed by atoms with E-state index in [1.165, 1.54) is 76.5 Å². The molecule has 0 radical (unpaired) electrons. The van der Waals surface area contributed by atoms with Crippen molar-refractivity contribution in [1.82, 2.24) is 13.7 Å². The fourth-order valence-electron chi connectivity index (χ4n) is 8.42. The predicted octanol–water partition coefficient (Wildman–Crippen LogP) is 12.6. The summed E-state index contributed by atoms with van der Waals surface area (Å²) in [4.78, 5) is 0. The SMILES string of the molecule is c1ccc(-c2ccc(-n3c4ccccc4c4ccc5c6ccccc6n(-c6ccc7c8ccccc8n(-c8ccccc8)c7c6)c5c43)cc2)cc1.